The minimum atomic E-state index is -3.24. The van der Waals surface area contributed by atoms with Gasteiger partial charge in [0.05, 0.1) is 5.75 Å². The Morgan fingerprint density at radius 1 is 1.21 bits per heavy atom. The summed E-state index contributed by atoms with van der Waals surface area (Å²) < 4.78 is 26.8. The molecule has 106 valence electrons. The predicted octanol–water partition coefficient (Wildman–Crippen LogP) is 1.75. The molecule has 2 rings (SSSR count). The minimum Gasteiger partial charge on any atom is -0.326 e. The van der Waals surface area contributed by atoms with E-state index < -0.39 is 10.0 Å². The van der Waals surface area contributed by atoms with E-state index >= 15 is 0 Å². The van der Waals surface area contributed by atoms with Crippen LogP contribution in [0.15, 0.2) is 24.3 Å². The van der Waals surface area contributed by atoms with Crippen molar-refractivity contribution in [2.24, 2.45) is 11.1 Å². The van der Waals surface area contributed by atoms with Crippen molar-refractivity contribution in [1.29, 1.82) is 0 Å². The molecule has 1 aromatic rings. The molecule has 3 N–H and O–H groups in total. The molecule has 1 aromatic carbocycles. The molecular weight excluding hydrogens is 260 g/mol. The van der Waals surface area contributed by atoms with Crippen molar-refractivity contribution < 1.29 is 8.42 Å². The fourth-order valence-corrected chi connectivity index (χ4v) is 3.40. The molecule has 1 fully saturated rings. The molecule has 0 bridgehead atoms. The summed E-state index contributed by atoms with van der Waals surface area (Å²) in [7, 11) is -3.24. The second kappa shape index (κ2) is 5.61. The van der Waals surface area contributed by atoms with Crippen molar-refractivity contribution >= 4 is 10.0 Å². The van der Waals surface area contributed by atoms with Crippen LogP contribution in [0, 0.1) is 5.41 Å². The van der Waals surface area contributed by atoms with E-state index in [0.717, 1.165) is 30.4 Å². The third-order valence-electron chi connectivity index (χ3n) is 3.99. The van der Waals surface area contributed by atoms with Gasteiger partial charge in [-0.25, -0.2) is 13.1 Å². The normalized spacial score (nSPS) is 17.4. The van der Waals surface area contributed by atoms with E-state index in [4.69, 9.17) is 5.73 Å². The smallest absolute Gasteiger partial charge is 0.215 e. The zero-order chi connectivity index (χ0) is 13.9. The Morgan fingerprint density at radius 3 is 2.26 bits per heavy atom. The first kappa shape index (κ1) is 14.5. The zero-order valence-electron chi connectivity index (χ0n) is 11.4. The lowest BCUT2D eigenvalue weighted by Gasteiger charge is -2.13. The van der Waals surface area contributed by atoms with Gasteiger partial charge in [-0.15, -0.1) is 0 Å². The molecule has 0 amide bonds. The van der Waals surface area contributed by atoms with Crippen LogP contribution in [0.2, 0.25) is 0 Å². The Kier molecular flexibility index (Phi) is 4.28. The van der Waals surface area contributed by atoms with Gasteiger partial charge in [0.2, 0.25) is 10.0 Å². The summed E-state index contributed by atoms with van der Waals surface area (Å²) in [6, 6.07) is 7.40. The van der Waals surface area contributed by atoms with Gasteiger partial charge in [0.25, 0.3) is 0 Å². The summed E-state index contributed by atoms with van der Waals surface area (Å²) in [5, 5.41) is 0. The topological polar surface area (TPSA) is 72.2 Å². The molecule has 1 aliphatic rings. The second-order valence-electron chi connectivity index (χ2n) is 5.45. The summed E-state index contributed by atoms with van der Waals surface area (Å²) in [5.74, 6) is 0.0393. The van der Waals surface area contributed by atoms with Gasteiger partial charge in [0.15, 0.2) is 0 Å². The lowest BCUT2D eigenvalue weighted by Crippen LogP contribution is -2.31. The summed E-state index contributed by atoms with van der Waals surface area (Å²) in [5.41, 5.74) is 7.56. The van der Waals surface area contributed by atoms with Crippen LogP contribution in [-0.4, -0.2) is 15.0 Å². The first-order valence-corrected chi connectivity index (χ1v) is 8.39. The van der Waals surface area contributed by atoms with Crippen LogP contribution in [0.25, 0.3) is 0 Å². The van der Waals surface area contributed by atoms with Crippen LogP contribution in [0.1, 0.15) is 37.3 Å². The molecule has 0 spiro atoms. The Labute approximate surface area is 115 Å². The van der Waals surface area contributed by atoms with E-state index in [1.54, 1.807) is 0 Å². The maximum Gasteiger partial charge on any atom is 0.215 e. The van der Waals surface area contributed by atoms with Crippen LogP contribution in [0.3, 0.4) is 0 Å². The molecule has 0 unspecified atom stereocenters. The van der Waals surface area contributed by atoms with Crippen LogP contribution in [0.5, 0.6) is 0 Å². The Bertz CT molecular complexity index is 519. The number of sulfonamides is 1. The average molecular weight is 282 g/mol. The highest BCUT2D eigenvalue weighted by Crippen LogP contribution is 2.47. The molecule has 0 radical (unpaired) electrons. The average Bonchev–Trinajstić information content (AvgIpc) is 3.18. The van der Waals surface area contributed by atoms with Gasteiger partial charge in [0, 0.05) is 13.1 Å². The van der Waals surface area contributed by atoms with E-state index in [1.807, 2.05) is 24.3 Å². The minimum absolute atomic E-state index is 0.0393. The van der Waals surface area contributed by atoms with Crippen molar-refractivity contribution in [2.45, 2.75) is 38.5 Å². The standard InChI is InChI=1S/C14H22N2O2S/c1-2-14(7-8-14)11-16-19(17,18)10-13-5-3-12(9-15)4-6-13/h3-6,16H,2,7-11,15H2,1H3. The lowest BCUT2D eigenvalue weighted by atomic mass is 10.1. The van der Waals surface area contributed by atoms with Gasteiger partial charge >= 0.3 is 0 Å². The van der Waals surface area contributed by atoms with Crippen molar-refractivity contribution in [3.05, 3.63) is 35.4 Å². The second-order valence-corrected chi connectivity index (χ2v) is 7.26. The van der Waals surface area contributed by atoms with Gasteiger partial charge in [-0.3, -0.25) is 0 Å². The molecule has 0 aliphatic heterocycles. The largest absolute Gasteiger partial charge is 0.326 e. The molecule has 0 saturated heterocycles. The van der Waals surface area contributed by atoms with Gasteiger partial charge in [-0.1, -0.05) is 31.2 Å². The fraction of sp³-hybridized carbons (Fsp3) is 0.571. The van der Waals surface area contributed by atoms with Crippen molar-refractivity contribution in [1.82, 2.24) is 4.72 Å². The molecule has 19 heavy (non-hydrogen) atoms. The zero-order valence-corrected chi connectivity index (χ0v) is 12.2. The summed E-state index contributed by atoms with van der Waals surface area (Å²) in [6.45, 7) is 3.17. The maximum absolute atomic E-state index is 12.0. The molecule has 5 heteroatoms. The van der Waals surface area contributed by atoms with E-state index in [2.05, 4.69) is 11.6 Å². The lowest BCUT2D eigenvalue weighted by molar-refractivity contribution is 0.475. The number of rotatable bonds is 7. The Morgan fingerprint density at radius 2 is 1.79 bits per heavy atom. The van der Waals surface area contributed by atoms with Crippen LogP contribution < -0.4 is 10.5 Å². The third kappa shape index (κ3) is 4.03. The number of nitrogens with one attached hydrogen (secondary N) is 1. The fourth-order valence-electron chi connectivity index (χ4n) is 2.14. The number of nitrogens with two attached hydrogens (primary N) is 1. The summed E-state index contributed by atoms with van der Waals surface area (Å²) in [6.07, 6.45) is 3.31. The highest BCUT2D eigenvalue weighted by Gasteiger charge is 2.41. The number of hydrogen-bond acceptors (Lipinski definition) is 3. The van der Waals surface area contributed by atoms with E-state index in [1.165, 1.54) is 0 Å². The van der Waals surface area contributed by atoms with Crippen LogP contribution in [-0.2, 0) is 22.3 Å². The highest BCUT2D eigenvalue weighted by molar-refractivity contribution is 7.88. The van der Waals surface area contributed by atoms with Gasteiger partial charge in [-0.2, -0.15) is 0 Å². The first-order chi connectivity index (χ1) is 8.99. The van der Waals surface area contributed by atoms with Gasteiger partial charge in [-0.05, 0) is 35.8 Å². The van der Waals surface area contributed by atoms with Crippen molar-refractivity contribution in [3.8, 4) is 0 Å². The Balaban J connectivity index is 1.92. The van der Waals surface area contributed by atoms with E-state index in [9.17, 15) is 8.42 Å². The molecule has 1 saturated carbocycles. The highest BCUT2D eigenvalue weighted by atomic mass is 32.2. The molecule has 0 heterocycles. The summed E-state index contributed by atoms with van der Waals surface area (Å²) >= 11 is 0. The molecule has 4 nitrogen and oxygen atoms in total. The third-order valence-corrected chi connectivity index (χ3v) is 5.29. The van der Waals surface area contributed by atoms with Gasteiger partial charge < -0.3 is 5.73 Å². The number of benzene rings is 1. The molecule has 0 aromatic heterocycles. The predicted molar refractivity (Wildman–Crippen MR) is 76.9 cm³/mol. The van der Waals surface area contributed by atoms with E-state index in [0.29, 0.717) is 13.1 Å². The SMILES string of the molecule is CCC1(CNS(=O)(=O)Cc2ccc(CN)cc2)CC1. The quantitative estimate of drug-likeness (QED) is 0.800. The van der Waals surface area contributed by atoms with E-state index in [-0.39, 0.29) is 11.2 Å². The van der Waals surface area contributed by atoms with Gasteiger partial charge in [0.1, 0.15) is 0 Å². The Hall–Kier alpha value is -0.910. The van der Waals surface area contributed by atoms with Crippen molar-refractivity contribution in [3.63, 3.8) is 0 Å². The number of hydrogen-bond donors (Lipinski definition) is 2. The molecule has 1 aliphatic carbocycles. The van der Waals surface area contributed by atoms with Crippen LogP contribution in [0.4, 0.5) is 0 Å². The molecule has 0 atom stereocenters. The van der Waals surface area contributed by atoms with Crippen LogP contribution >= 0.6 is 0 Å². The monoisotopic (exact) mass is 282 g/mol. The summed E-state index contributed by atoms with van der Waals surface area (Å²) in [4.78, 5) is 0. The molecular formula is C14H22N2O2S. The first-order valence-electron chi connectivity index (χ1n) is 6.74. The maximum atomic E-state index is 12.0. The van der Waals surface area contributed by atoms with Crippen molar-refractivity contribution in [2.75, 3.05) is 6.54 Å².